The van der Waals surface area contributed by atoms with E-state index in [1.54, 1.807) is 0 Å². The molecule has 3 N–H and O–H groups in total. The summed E-state index contributed by atoms with van der Waals surface area (Å²) in [5.74, 6) is 7.85. The Morgan fingerprint density at radius 1 is 1.35 bits per heavy atom. The van der Waals surface area contributed by atoms with Gasteiger partial charge in [0.05, 0.1) is 0 Å². The lowest BCUT2D eigenvalue weighted by atomic mass is 9.92. The minimum absolute atomic E-state index is 0.472. The van der Waals surface area contributed by atoms with E-state index in [1.165, 1.54) is 24.8 Å². The van der Waals surface area contributed by atoms with Crippen molar-refractivity contribution in [1.82, 2.24) is 5.43 Å². The molecule has 17 heavy (non-hydrogen) atoms. The Morgan fingerprint density at radius 3 is 2.65 bits per heavy atom. The second kappa shape index (κ2) is 5.65. The number of hydrogen-bond acceptors (Lipinski definition) is 2. The molecule has 0 aromatic heterocycles. The Morgan fingerprint density at radius 2 is 2.06 bits per heavy atom. The zero-order chi connectivity index (χ0) is 12.3. The molecule has 2 rings (SSSR count). The van der Waals surface area contributed by atoms with E-state index in [4.69, 9.17) is 5.84 Å². The van der Waals surface area contributed by atoms with Crippen LogP contribution in [0.5, 0.6) is 0 Å². The lowest BCUT2D eigenvalue weighted by Crippen LogP contribution is -2.42. The van der Waals surface area contributed by atoms with E-state index in [0.29, 0.717) is 12.0 Å². The zero-order valence-corrected chi connectivity index (χ0v) is 10.9. The number of nitrogens with two attached hydrogens (primary N) is 1. The van der Waals surface area contributed by atoms with Crippen LogP contribution in [-0.4, -0.2) is 6.04 Å². The van der Waals surface area contributed by atoms with Crippen LogP contribution in [0.2, 0.25) is 0 Å². The van der Waals surface area contributed by atoms with Crippen LogP contribution < -0.4 is 11.3 Å². The first-order valence-electron chi connectivity index (χ1n) is 6.79. The van der Waals surface area contributed by atoms with E-state index in [2.05, 4.69) is 49.6 Å². The molecule has 0 radical (unpaired) electrons. The van der Waals surface area contributed by atoms with Gasteiger partial charge in [-0.25, -0.2) is 0 Å². The van der Waals surface area contributed by atoms with Gasteiger partial charge in [0.2, 0.25) is 0 Å². The summed E-state index contributed by atoms with van der Waals surface area (Å²) in [4.78, 5) is 0. The van der Waals surface area contributed by atoms with Gasteiger partial charge in [0.25, 0.3) is 0 Å². The summed E-state index contributed by atoms with van der Waals surface area (Å²) in [5.41, 5.74) is 4.52. The van der Waals surface area contributed by atoms with Gasteiger partial charge in [-0.1, -0.05) is 50.6 Å². The molecule has 0 bridgehead atoms. The van der Waals surface area contributed by atoms with E-state index >= 15 is 0 Å². The second-order valence-corrected chi connectivity index (χ2v) is 5.38. The van der Waals surface area contributed by atoms with E-state index in [1.807, 2.05) is 0 Å². The summed E-state index contributed by atoms with van der Waals surface area (Å²) >= 11 is 0. The summed E-state index contributed by atoms with van der Waals surface area (Å²) in [6.45, 7) is 4.56. The van der Waals surface area contributed by atoms with Crippen LogP contribution in [0.3, 0.4) is 0 Å². The maximum absolute atomic E-state index is 5.74. The van der Waals surface area contributed by atoms with Crippen LogP contribution in [0.1, 0.15) is 44.6 Å². The maximum Gasteiger partial charge on any atom is 0.0270 e. The molecule has 2 heteroatoms. The molecule has 94 valence electrons. The van der Waals surface area contributed by atoms with Crippen LogP contribution in [-0.2, 0) is 0 Å². The normalized spacial score (nSPS) is 26.5. The highest BCUT2D eigenvalue weighted by Crippen LogP contribution is 2.51. The zero-order valence-electron chi connectivity index (χ0n) is 10.9. The Labute approximate surface area is 105 Å². The van der Waals surface area contributed by atoms with Crippen molar-refractivity contribution < 1.29 is 0 Å². The molecule has 0 amide bonds. The lowest BCUT2D eigenvalue weighted by molar-refractivity contribution is 0.322. The molecule has 4 atom stereocenters. The SMILES string of the molecule is CCCC(C)C(NN)C1CC1c1ccccc1. The quantitative estimate of drug-likeness (QED) is 0.584. The van der Waals surface area contributed by atoms with Crippen LogP contribution >= 0.6 is 0 Å². The smallest absolute Gasteiger partial charge is 0.0270 e. The summed E-state index contributed by atoms with van der Waals surface area (Å²) in [6, 6.07) is 11.3. The van der Waals surface area contributed by atoms with Crippen molar-refractivity contribution in [2.75, 3.05) is 0 Å². The van der Waals surface area contributed by atoms with Gasteiger partial charge in [-0.2, -0.15) is 0 Å². The van der Waals surface area contributed by atoms with E-state index in [-0.39, 0.29) is 0 Å². The van der Waals surface area contributed by atoms with E-state index < -0.39 is 0 Å². The van der Waals surface area contributed by atoms with Gasteiger partial charge >= 0.3 is 0 Å². The molecular weight excluding hydrogens is 208 g/mol. The third-order valence-corrected chi connectivity index (χ3v) is 4.08. The molecule has 1 fully saturated rings. The van der Waals surface area contributed by atoms with Crippen molar-refractivity contribution in [2.24, 2.45) is 17.7 Å². The summed E-state index contributed by atoms with van der Waals surface area (Å²) in [6.07, 6.45) is 3.78. The van der Waals surface area contributed by atoms with Crippen molar-refractivity contribution in [3.05, 3.63) is 35.9 Å². The van der Waals surface area contributed by atoms with E-state index in [9.17, 15) is 0 Å². The first-order chi connectivity index (χ1) is 8.27. The Balaban J connectivity index is 1.96. The highest BCUT2D eigenvalue weighted by Gasteiger charge is 2.44. The highest BCUT2D eigenvalue weighted by atomic mass is 15.2. The average Bonchev–Trinajstić information content (AvgIpc) is 3.12. The Kier molecular flexibility index (Phi) is 4.19. The molecule has 0 aliphatic heterocycles. The summed E-state index contributed by atoms with van der Waals surface area (Å²) < 4.78 is 0. The minimum atomic E-state index is 0.472. The van der Waals surface area contributed by atoms with Crippen molar-refractivity contribution >= 4 is 0 Å². The molecule has 1 aliphatic rings. The summed E-state index contributed by atoms with van der Waals surface area (Å²) in [5, 5.41) is 0. The first-order valence-corrected chi connectivity index (χ1v) is 6.79. The standard InChI is InChI=1S/C15H24N2/c1-3-7-11(2)15(17-16)14-10-13(14)12-8-5-4-6-9-12/h4-6,8-9,11,13-15,17H,3,7,10,16H2,1-2H3. The number of nitrogens with one attached hydrogen (secondary N) is 1. The van der Waals surface area contributed by atoms with Crippen molar-refractivity contribution in [2.45, 2.75) is 45.1 Å². The van der Waals surface area contributed by atoms with Gasteiger partial charge in [-0.15, -0.1) is 0 Å². The number of hydrazine groups is 1. The van der Waals surface area contributed by atoms with Crippen LogP contribution in [0.4, 0.5) is 0 Å². The van der Waals surface area contributed by atoms with Crippen LogP contribution in [0, 0.1) is 11.8 Å². The van der Waals surface area contributed by atoms with E-state index in [0.717, 1.165) is 11.8 Å². The largest absolute Gasteiger partial charge is 0.271 e. The van der Waals surface area contributed by atoms with Gasteiger partial charge in [0.15, 0.2) is 0 Å². The number of rotatable bonds is 6. The molecule has 1 aromatic rings. The topological polar surface area (TPSA) is 38.0 Å². The third kappa shape index (κ3) is 2.88. The average molecular weight is 232 g/mol. The molecule has 4 unspecified atom stereocenters. The molecular formula is C15H24N2. The summed E-state index contributed by atoms with van der Waals surface area (Å²) in [7, 11) is 0. The van der Waals surface area contributed by atoms with Gasteiger partial charge in [0.1, 0.15) is 0 Å². The fourth-order valence-electron chi connectivity index (χ4n) is 3.04. The Hall–Kier alpha value is -0.860. The van der Waals surface area contributed by atoms with Gasteiger partial charge in [-0.3, -0.25) is 11.3 Å². The molecule has 1 saturated carbocycles. The molecule has 1 aliphatic carbocycles. The monoisotopic (exact) mass is 232 g/mol. The van der Waals surface area contributed by atoms with Crippen LogP contribution in [0.25, 0.3) is 0 Å². The number of hydrogen-bond donors (Lipinski definition) is 2. The second-order valence-electron chi connectivity index (χ2n) is 5.38. The predicted molar refractivity (Wildman–Crippen MR) is 72.5 cm³/mol. The maximum atomic E-state index is 5.74. The fourth-order valence-corrected chi connectivity index (χ4v) is 3.04. The van der Waals surface area contributed by atoms with Crippen LogP contribution in [0.15, 0.2) is 30.3 Å². The number of benzene rings is 1. The third-order valence-electron chi connectivity index (χ3n) is 4.08. The minimum Gasteiger partial charge on any atom is -0.271 e. The molecule has 1 aromatic carbocycles. The van der Waals surface area contributed by atoms with Crippen molar-refractivity contribution in [1.29, 1.82) is 0 Å². The van der Waals surface area contributed by atoms with Gasteiger partial charge in [0, 0.05) is 6.04 Å². The molecule has 0 spiro atoms. The molecule has 0 heterocycles. The first kappa shape index (κ1) is 12.6. The van der Waals surface area contributed by atoms with Gasteiger partial charge < -0.3 is 0 Å². The highest BCUT2D eigenvalue weighted by molar-refractivity contribution is 5.26. The lowest BCUT2D eigenvalue weighted by Gasteiger charge is -2.23. The molecule has 0 saturated heterocycles. The fraction of sp³-hybridized carbons (Fsp3) is 0.600. The predicted octanol–water partition coefficient (Wildman–Crippen LogP) is 3.06. The van der Waals surface area contributed by atoms with Gasteiger partial charge in [-0.05, 0) is 36.2 Å². The van der Waals surface area contributed by atoms with Crippen molar-refractivity contribution in [3.63, 3.8) is 0 Å². The molecule has 2 nitrogen and oxygen atoms in total. The Bertz CT molecular complexity index is 336. The van der Waals surface area contributed by atoms with Crippen molar-refractivity contribution in [3.8, 4) is 0 Å².